The van der Waals surface area contributed by atoms with Gasteiger partial charge in [0.1, 0.15) is 0 Å². The van der Waals surface area contributed by atoms with Crippen LogP contribution < -0.4 is 5.32 Å². The number of likely N-dealkylation sites (tertiary alicyclic amines) is 1. The molecule has 2 unspecified atom stereocenters. The number of hydrogen-bond donors (Lipinski definition) is 2. The molecule has 1 heterocycles. The second-order valence-corrected chi connectivity index (χ2v) is 5.44. The van der Waals surface area contributed by atoms with Crippen LogP contribution in [0.3, 0.4) is 0 Å². The molecule has 0 amide bonds. The summed E-state index contributed by atoms with van der Waals surface area (Å²) in [7, 11) is 0. The average Bonchev–Trinajstić information content (AvgIpc) is 2.35. The van der Waals surface area contributed by atoms with Gasteiger partial charge in [-0.3, -0.25) is 4.79 Å². The van der Waals surface area contributed by atoms with Gasteiger partial charge in [-0.15, -0.1) is 0 Å². The quantitative estimate of drug-likeness (QED) is 0.652. The third-order valence-corrected chi connectivity index (χ3v) is 3.82. The zero-order valence-electron chi connectivity index (χ0n) is 11.8. The number of nitrogens with one attached hydrogen (secondary N) is 1. The second kappa shape index (κ2) is 8.48. The van der Waals surface area contributed by atoms with Gasteiger partial charge < -0.3 is 15.3 Å². The van der Waals surface area contributed by atoms with Crippen LogP contribution in [-0.2, 0) is 4.79 Å². The smallest absolute Gasteiger partial charge is 0.303 e. The lowest BCUT2D eigenvalue weighted by Crippen LogP contribution is -2.44. The molecule has 0 aromatic carbocycles. The van der Waals surface area contributed by atoms with Gasteiger partial charge >= 0.3 is 5.97 Å². The molecule has 1 fully saturated rings. The summed E-state index contributed by atoms with van der Waals surface area (Å²) in [6.07, 6.45) is 4.82. The van der Waals surface area contributed by atoms with Crippen molar-refractivity contribution in [3.05, 3.63) is 0 Å². The number of hydrogen-bond acceptors (Lipinski definition) is 3. The van der Waals surface area contributed by atoms with Crippen molar-refractivity contribution in [3.8, 4) is 0 Å². The SMILES string of the molecule is CCCN1CCCC(C(C)NCCCC(=O)O)C1. The maximum Gasteiger partial charge on any atom is 0.303 e. The summed E-state index contributed by atoms with van der Waals surface area (Å²) in [6.45, 7) is 8.94. The molecule has 0 aromatic heterocycles. The first-order valence-corrected chi connectivity index (χ1v) is 7.31. The van der Waals surface area contributed by atoms with Crippen molar-refractivity contribution in [2.75, 3.05) is 26.2 Å². The molecule has 1 aliphatic heterocycles. The number of carboxylic acids is 1. The molecule has 0 saturated carbocycles. The van der Waals surface area contributed by atoms with Crippen LogP contribution in [0.1, 0.15) is 46.0 Å². The van der Waals surface area contributed by atoms with Gasteiger partial charge in [-0.2, -0.15) is 0 Å². The van der Waals surface area contributed by atoms with Gasteiger partial charge in [0.15, 0.2) is 0 Å². The Balaban J connectivity index is 2.19. The minimum absolute atomic E-state index is 0.270. The molecule has 2 N–H and O–H groups in total. The standard InChI is InChI=1S/C14H28N2O2/c1-3-9-16-10-5-6-13(11-16)12(2)15-8-4-7-14(17)18/h12-13,15H,3-11H2,1-2H3,(H,17,18). The van der Waals surface area contributed by atoms with Crippen molar-refractivity contribution < 1.29 is 9.90 Å². The van der Waals surface area contributed by atoms with E-state index in [1.165, 1.54) is 38.9 Å². The van der Waals surface area contributed by atoms with Crippen molar-refractivity contribution in [3.63, 3.8) is 0 Å². The highest BCUT2D eigenvalue weighted by Crippen LogP contribution is 2.19. The zero-order chi connectivity index (χ0) is 13.4. The van der Waals surface area contributed by atoms with E-state index >= 15 is 0 Å². The first kappa shape index (κ1) is 15.4. The van der Waals surface area contributed by atoms with Crippen LogP contribution in [-0.4, -0.2) is 48.2 Å². The second-order valence-electron chi connectivity index (χ2n) is 5.44. The van der Waals surface area contributed by atoms with E-state index in [1.807, 2.05) is 0 Å². The summed E-state index contributed by atoms with van der Waals surface area (Å²) in [6, 6.07) is 0.499. The number of carbonyl (C=O) groups is 1. The predicted octanol–water partition coefficient (Wildman–Crippen LogP) is 1.95. The molecular formula is C14H28N2O2. The highest BCUT2D eigenvalue weighted by molar-refractivity contribution is 5.66. The minimum Gasteiger partial charge on any atom is -0.481 e. The summed E-state index contributed by atoms with van der Waals surface area (Å²) in [5.74, 6) is 0.0198. The number of carboxylic acid groups (broad SMARTS) is 1. The van der Waals surface area contributed by atoms with Crippen molar-refractivity contribution in [2.45, 2.75) is 52.0 Å². The molecule has 1 saturated heterocycles. The highest BCUT2D eigenvalue weighted by atomic mass is 16.4. The van der Waals surface area contributed by atoms with Crippen LogP contribution in [0.25, 0.3) is 0 Å². The zero-order valence-corrected chi connectivity index (χ0v) is 11.8. The van der Waals surface area contributed by atoms with Crippen LogP contribution in [0.5, 0.6) is 0 Å². The fourth-order valence-electron chi connectivity index (χ4n) is 2.75. The Kier molecular flexibility index (Phi) is 7.28. The van der Waals surface area contributed by atoms with Gasteiger partial charge in [-0.25, -0.2) is 0 Å². The van der Waals surface area contributed by atoms with E-state index in [9.17, 15) is 4.79 Å². The van der Waals surface area contributed by atoms with E-state index < -0.39 is 5.97 Å². The van der Waals surface area contributed by atoms with E-state index in [0.29, 0.717) is 6.04 Å². The lowest BCUT2D eigenvalue weighted by Gasteiger charge is -2.36. The van der Waals surface area contributed by atoms with E-state index in [1.54, 1.807) is 0 Å². The van der Waals surface area contributed by atoms with Crippen LogP contribution in [0.2, 0.25) is 0 Å². The van der Waals surface area contributed by atoms with Crippen molar-refractivity contribution in [1.29, 1.82) is 0 Å². The largest absolute Gasteiger partial charge is 0.481 e. The average molecular weight is 256 g/mol. The summed E-state index contributed by atoms with van der Waals surface area (Å²) in [5, 5.41) is 12.1. The first-order valence-electron chi connectivity index (χ1n) is 7.31. The van der Waals surface area contributed by atoms with E-state index in [0.717, 1.165) is 18.9 Å². The first-order chi connectivity index (χ1) is 8.63. The Morgan fingerprint density at radius 3 is 3.00 bits per heavy atom. The lowest BCUT2D eigenvalue weighted by molar-refractivity contribution is -0.137. The Hall–Kier alpha value is -0.610. The minimum atomic E-state index is -0.698. The van der Waals surface area contributed by atoms with Crippen molar-refractivity contribution in [1.82, 2.24) is 10.2 Å². The summed E-state index contributed by atoms with van der Waals surface area (Å²) in [4.78, 5) is 13.0. The molecule has 106 valence electrons. The maximum absolute atomic E-state index is 10.4. The molecule has 4 nitrogen and oxygen atoms in total. The topological polar surface area (TPSA) is 52.6 Å². The van der Waals surface area contributed by atoms with Gasteiger partial charge in [-0.05, 0) is 58.2 Å². The normalized spacial score (nSPS) is 22.9. The molecule has 0 aromatic rings. The molecule has 0 bridgehead atoms. The molecule has 1 rings (SSSR count). The van der Waals surface area contributed by atoms with Gasteiger partial charge in [0.25, 0.3) is 0 Å². The van der Waals surface area contributed by atoms with E-state index in [4.69, 9.17) is 5.11 Å². The van der Waals surface area contributed by atoms with Crippen LogP contribution in [0.4, 0.5) is 0 Å². The molecule has 18 heavy (non-hydrogen) atoms. The van der Waals surface area contributed by atoms with Crippen LogP contribution in [0, 0.1) is 5.92 Å². The Bertz CT molecular complexity index is 244. The molecule has 0 radical (unpaired) electrons. The molecule has 1 aliphatic rings. The van der Waals surface area contributed by atoms with Gasteiger partial charge in [0.05, 0.1) is 0 Å². The number of rotatable bonds is 8. The molecule has 0 aliphatic carbocycles. The molecule has 2 atom stereocenters. The number of aliphatic carboxylic acids is 1. The molecule has 4 heteroatoms. The summed E-state index contributed by atoms with van der Waals surface area (Å²) < 4.78 is 0. The Morgan fingerprint density at radius 1 is 1.56 bits per heavy atom. The Labute approximate surface area is 111 Å². The van der Waals surface area contributed by atoms with Crippen LogP contribution >= 0.6 is 0 Å². The van der Waals surface area contributed by atoms with Gasteiger partial charge in [0, 0.05) is 19.0 Å². The van der Waals surface area contributed by atoms with Crippen molar-refractivity contribution >= 4 is 5.97 Å². The maximum atomic E-state index is 10.4. The monoisotopic (exact) mass is 256 g/mol. The summed E-state index contributed by atoms with van der Waals surface area (Å²) in [5.41, 5.74) is 0. The van der Waals surface area contributed by atoms with Gasteiger partial charge in [0.2, 0.25) is 0 Å². The Morgan fingerprint density at radius 2 is 2.33 bits per heavy atom. The number of piperidine rings is 1. The van der Waals surface area contributed by atoms with E-state index in [-0.39, 0.29) is 6.42 Å². The summed E-state index contributed by atoms with van der Waals surface area (Å²) >= 11 is 0. The number of nitrogens with zero attached hydrogens (tertiary/aromatic N) is 1. The van der Waals surface area contributed by atoms with Crippen molar-refractivity contribution in [2.24, 2.45) is 5.92 Å². The predicted molar refractivity (Wildman–Crippen MR) is 73.8 cm³/mol. The third-order valence-electron chi connectivity index (χ3n) is 3.82. The van der Waals surface area contributed by atoms with Gasteiger partial charge in [-0.1, -0.05) is 6.92 Å². The molecular weight excluding hydrogens is 228 g/mol. The molecule has 0 spiro atoms. The van der Waals surface area contributed by atoms with E-state index in [2.05, 4.69) is 24.1 Å². The fourth-order valence-corrected chi connectivity index (χ4v) is 2.75. The fraction of sp³-hybridized carbons (Fsp3) is 0.929. The highest BCUT2D eigenvalue weighted by Gasteiger charge is 2.23. The lowest BCUT2D eigenvalue weighted by atomic mass is 9.91. The third kappa shape index (κ3) is 5.83. The van der Waals surface area contributed by atoms with Crippen LogP contribution in [0.15, 0.2) is 0 Å².